The molecule has 2 N–H and O–H groups in total. The van der Waals surface area contributed by atoms with Gasteiger partial charge < -0.3 is 10.5 Å². The number of hydrogen-bond donors (Lipinski definition) is 1. The Labute approximate surface area is 133 Å². The molecule has 0 fully saturated rings. The van der Waals surface area contributed by atoms with Gasteiger partial charge >= 0.3 is 0 Å². The number of aryl methyl sites for hydroxylation is 2. The van der Waals surface area contributed by atoms with Crippen molar-refractivity contribution in [1.82, 2.24) is 9.78 Å². The van der Waals surface area contributed by atoms with Crippen LogP contribution in [0.5, 0.6) is 5.75 Å². The Morgan fingerprint density at radius 1 is 1.27 bits per heavy atom. The first kappa shape index (κ1) is 16.6. The molecule has 4 heteroatoms. The Morgan fingerprint density at radius 2 is 2.00 bits per heavy atom. The maximum atomic E-state index is 6.08. The van der Waals surface area contributed by atoms with Crippen LogP contribution >= 0.6 is 0 Å². The second kappa shape index (κ2) is 6.97. The molecule has 0 spiro atoms. The highest BCUT2D eigenvalue weighted by molar-refractivity contribution is 5.41. The number of nitrogens with zero attached hydrogens (tertiary/aromatic N) is 2. The molecule has 0 radical (unpaired) electrons. The Hall–Kier alpha value is -1.81. The van der Waals surface area contributed by atoms with E-state index in [4.69, 9.17) is 10.5 Å². The number of aromatic nitrogens is 2. The molecule has 0 bridgehead atoms. The van der Waals surface area contributed by atoms with E-state index in [0.29, 0.717) is 19.1 Å². The molecule has 22 heavy (non-hydrogen) atoms. The quantitative estimate of drug-likeness (QED) is 0.890. The lowest BCUT2D eigenvalue weighted by atomic mass is 9.91. The van der Waals surface area contributed by atoms with Gasteiger partial charge in [-0.25, -0.2) is 0 Å². The maximum Gasteiger partial charge on any atom is 0.119 e. The predicted molar refractivity (Wildman–Crippen MR) is 90.5 cm³/mol. The van der Waals surface area contributed by atoms with Gasteiger partial charge in [0.1, 0.15) is 5.75 Å². The van der Waals surface area contributed by atoms with Crippen molar-refractivity contribution in [1.29, 1.82) is 0 Å². The zero-order valence-electron chi connectivity index (χ0n) is 14.3. The third kappa shape index (κ3) is 3.33. The highest BCUT2D eigenvalue weighted by atomic mass is 16.5. The molecule has 1 heterocycles. The highest BCUT2D eigenvalue weighted by Gasteiger charge is 2.20. The van der Waals surface area contributed by atoms with E-state index < -0.39 is 0 Å². The summed E-state index contributed by atoms with van der Waals surface area (Å²) in [5.74, 6) is 1.48. The number of hydrogen-bond acceptors (Lipinski definition) is 3. The summed E-state index contributed by atoms with van der Waals surface area (Å²) in [4.78, 5) is 0. The first-order chi connectivity index (χ1) is 10.5. The van der Waals surface area contributed by atoms with Crippen molar-refractivity contribution in [2.24, 2.45) is 12.8 Å². The van der Waals surface area contributed by atoms with Gasteiger partial charge in [0.15, 0.2) is 0 Å². The fourth-order valence-corrected chi connectivity index (χ4v) is 2.82. The van der Waals surface area contributed by atoms with E-state index in [1.807, 2.05) is 24.7 Å². The molecule has 0 aliphatic carbocycles. The van der Waals surface area contributed by atoms with Gasteiger partial charge in [-0.15, -0.1) is 0 Å². The van der Waals surface area contributed by atoms with E-state index in [2.05, 4.69) is 44.1 Å². The monoisotopic (exact) mass is 301 g/mol. The van der Waals surface area contributed by atoms with Gasteiger partial charge in [0.25, 0.3) is 0 Å². The van der Waals surface area contributed by atoms with Crippen molar-refractivity contribution >= 4 is 0 Å². The minimum Gasteiger partial charge on any atom is -0.494 e. The van der Waals surface area contributed by atoms with Crippen molar-refractivity contribution in [3.05, 3.63) is 46.8 Å². The zero-order chi connectivity index (χ0) is 16.3. The van der Waals surface area contributed by atoms with Gasteiger partial charge in [-0.05, 0) is 49.1 Å². The molecule has 1 unspecified atom stereocenters. The van der Waals surface area contributed by atoms with Crippen LogP contribution in [-0.4, -0.2) is 22.9 Å². The van der Waals surface area contributed by atoms with Crippen molar-refractivity contribution < 1.29 is 4.74 Å². The summed E-state index contributed by atoms with van der Waals surface area (Å²) in [5, 5.41) is 4.62. The standard InChI is InChI=1S/C18H27N3O/c1-6-22-14-7-8-15(13(4)9-14)16(11-19)18-10-17(12(2)3)20-21(18)5/h7-10,12,16H,6,11,19H2,1-5H3. The van der Waals surface area contributed by atoms with Gasteiger partial charge in [-0.2, -0.15) is 5.10 Å². The molecule has 1 aromatic carbocycles. The molecular formula is C18H27N3O. The van der Waals surface area contributed by atoms with Crippen molar-refractivity contribution in [3.63, 3.8) is 0 Å². The molecular weight excluding hydrogens is 274 g/mol. The van der Waals surface area contributed by atoms with Crippen LogP contribution in [0.15, 0.2) is 24.3 Å². The lowest BCUT2D eigenvalue weighted by molar-refractivity contribution is 0.340. The molecule has 120 valence electrons. The van der Waals surface area contributed by atoms with Crippen LogP contribution in [0.25, 0.3) is 0 Å². The maximum absolute atomic E-state index is 6.08. The molecule has 0 amide bonds. The van der Waals surface area contributed by atoms with E-state index in [9.17, 15) is 0 Å². The SMILES string of the molecule is CCOc1ccc(C(CN)c2cc(C(C)C)nn2C)c(C)c1. The summed E-state index contributed by atoms with van der Waals surface area (Å²) in [6.45, 7) is 9.66. The second-order valence-electron chi connectivity index (χ2n) is 6.01. The topological polar surface area (TPSA) is 53.1 Å². The lowest BCUT2D eigenvalue weighted by Crippen LogP contribution is -2.18. The smallest absolute Gasteiger partial charge is 0.119 e. The van der Waals surface area contributed by atoms with Gasteiger partial charge in [0.2, 0.25) is 0 Å². The number of nitrogens with two attached hydrogens (primary N) is 1. The normalized spacial score (nSPS) is 12.7. The van der Waals surface area contributed by atoms with Gasteiger partial charge in [0, 0.05) is 25.2 Å². The molecule has 0 aliphatic rings. The molecule has 1 atom stereocenters. The Bertz CT molecular complexity index is 631. The summed E-state index contributed by atoms with van der Waals surface area (Å²) in [6.07, 6.45) is 0. The highest BCUT2D eigenvalue weighted by Crippen LogP contribution is 2.30. The fourth-order valence-electron chi connectivity index (χ4n) is 2.82. The van der Waals surface area contributed by atoms with Crippen LogP contribution in [-0.2, 0) is 7.05 Å². The number of ether oxygens (including phenoxy) is 1. The van der Waals surface area contributed by atoms with Crippen molar-refractivity contribution in [2.45, 2.75) is 39.5 Å². The van der Waals surface area contributed by atoms with Crippen LogP contribution in [0.2, 0.25) is 0 Å². The molecule has 4 nitrogen and oxygen atoms in total. The third-order valence-electron chi connectivity index (χ3n) is 4.05. The average molecular weight is 301 g/mol. The first-order valence-corrected chi connectivity index (χ1v) is 7.95. The predicted octanol–water partition coefficient (Wildman–Crippen LogP) is 3.34. The molecule has 2 rings (SSSR count). The molecule has 2 aromatic rings. The Kier molecular flexibility index (Phi) is 5.24. The number of rotatable bonds is 6. The van der Waals surface area contributed by atoms with Crippen molar-refractivity contribution in [3.8, 4) is 5.75 Å². The molecule has 0 saturated heterocycles. The van der Waals surface area contributed by atoms with E-state index in [1.165, 1.54) is 16.8 Å². The minimum absolute atomic E-state index is 0.153. The Morgan fingerprint density at radius 3 is 2.50 bits per heavy atom. The summed E-state index contributed by atoms with van der Waals surface area (Å²) >= 11 is 0. The summed E-state index contributed by atoms with van der Waals surface area (Å²) < 4.78 is 7.53. The van der Waals surface area contributed by atoms with Crippen LogP contribution in [0, 0.1) is 6.92 Å². The van der Waals surface area contributed by atoms with Gasteiger partial charge in [-0.3, -0.25) is 4.68 Å². The molecule has 0 aliphatic heterocycles. The van der Waals surface area contributed by atoms with Crippen molar-refractivity contribution in [2.75, 3.05) is 13.2 Å². The van der Waals surface area contributed by atoms with Gasteiger partial charge in [-0.1, -0.05) is 19.9 Å². The van der Waals surface area contributed by atoms with E-state index >= 15 is 0 Å². The van der Waals surface area contributed by atoms with Gasteiger partial charge in [0.05, 0.1) is 12.3 Å². The molecule has 0 saturated carbocycles. The minimum atomic E-state index is 0.153. The van der Waals surface area contributed by atoms with E-state index in [-0.39, 0.29) is 5.92 Å². The van der Waals surface area contributed by atoms with Crippen LogP contribution < -0.4 is 10.5 Å². The number of benzene rings is 1. The summed E-state index contributed by atoms with van der Waals surface area (Å²) in [7, 11) is 1.99. The van der Waals surface area contributed by atoms with Crippen LogP contribution in [0.3, 0.4) is 0 Å². The van der Waals surface area contributed by atoms with Crippen LogP contribution in [0.4, 0.5) is 0 Å². The van der Waals surface area contributed by atoms with E-state index in [1.54, 1.807) is 0 Å². The average Bonchev–Trinajstić information content (AvgIpc) is 2.85. The lowest BCUT2D eigenvalue weighted by Gasteiger charge is -2.19. The van der Waals surface area contributed by atoms with E-state index in [0.717, 1.165) is 11.4 Å². The largest absolute Gasteiger partial charge is 0.494 e. The van der Waals surface area contributed by atoms with Crippen LogP contribution in [0.1, 0.15) is 55.1 Å². The first-order valence-electron chi connectivity index (χ1n) is 7.95. The second-order valence-corrected chi connectivity index (χ2v) is 6.01. The zero-order valence-corrected chi connectivity index (χ0v) is 14.3. The fraction of sp³-hybridized carbons (Fsp3) is 0.500. The summed E-state index contributed by atoms with van der Waals surface area (Å²) in [5.41, 5.74) is 10.8. The molecule has 1 aromatic heterocycles. The Balaban J connectivity index is 2.40. The summed E-state index contributed by atoms with van der Waals surface area (Å²) in [6, 6.07) is 8.41. The third-order valence-corrected chi connectivity index (χ3v) is 4.05.